The van der Waals surface area contributed by atoms with E-state index in [1.54, 1.807) is 4.90 Å². The number of likely N-dealkylation sites (tertiary alicyclic amines) is 1. The van der Waals surface area contributed by atoms with E-state index < -0.39 is 15.8 Å². The van der Waals surface area contributed by atoms with Crippen molar-refractivity contribution in [2.24, 2.45) is 0 Å². The Labute approximate surface area is 169 Å². The van der Waals surface area contributed by atoms with Gasteiger partial charge in [-0.15, -0.1) is 0 Å². The maximum Gasteiger partial charge on any atom is 0.261 e. The van der Waals surface area contributed by atoms with Gasteiger partial charge in [-0.25, -0.2) is 12.8 Å². The third kappa shape index (κ3) is 5.32. The van der Waals surface area contributed by atoms with Crippen molar-refractivity contribution in [1.82, 2.24) is 10.2 Å². The molecule has 1 aliphatic rings. The van der Waals surface area contributed by atoms with Crippen LogP contribution < -0.4 is 10.0 Å². The molecule has 2 aromatic carbocycles. The summed E-state index contributed by atoms with van der Waals surface area (Å²) in [5, 5.41) is 2.92. The fourth-order valence-corrected chi connectivity index (χ4v) is 4.18. The molecule has 0 saturated carbocycles. The predicted octanol–water partition coefficient (Wildman–Crippen LogP) is 2.37. The number of carbonyl (C=O) groups is 2. The van der Waals surface area contributed by atoms with Gasteiger partial charge in [0, 0.05) is 37.3 Å². The Kier molecular flexibility index (Phi) is 6.17. The SMILES string of the molecule is CC(=O)N1CCC(NC(=O)c2ccc(S(=O)(=O)Nc3ccc(F)cc3)cc2)CC1. The van der Waals surface area contributed by atoms with Crippen molar-refractivity contribution < 1.29 is 22.4 Å². The Hall–Kier alpha value is -2.94. The van der Waals surface area contributed by atoms with Crippen molar-refractivity contribution in [2.75, 3.05) is 17.8 Å². The Morgan fingerprint density at radius 3 is 2.14 bits per heavy atom. The number of carbonyl (C=O) groups excluding carboxylic acids is 2. The fraction of sp³-hybridized carbons (Fsp3) is 0.300. The maximum atomic E-state index is 13.0. The highest BCUT2D eigenvalue weighted by atomic mass is 32.2. The van der Waals surface area contributed by atoms with Crippen LogP contribution in [-0.2, 0) is 14.8 Å². The Morgan fingerprint density at radius 1 is 1.00 bits per heavy atom. The molecule has 0 radical (unpaired) electrons. The second-order valence-corrected chi connectivity index (χ2v) is 8.57. The molecule has 0 atom stereocenters. The van der Waals surface area contributed by atoms with Crippen LogP contribution in [0.1, 0.15) is 30.1 Å². The molecule has 2 amide bonds. The summed E-state index contributed by atoms with van der Waals surface area (Å²) in [7, 11) is -3.85. The highest BCUT2D eigenvalue weighted by Crippen LogP contribution is 2.18. The molecule has 2 aromatic rings. The van der Waals surface area contributed by atoms with Gasteiger partial charge < -0.3 is 10.2 Å². The van der Waals surface area contributed by atoms with Gasteiger partial charge in [0.2, 0.25) is 5.91 Å². The highest BCUT2D eigenvalue weighted by molar-refractivity contribution is 7.92. The summed E-state index contributed by atoms with van der Waals surface area (Å²) >= 11 is 0. The van der Waals surface area contributed by atoms with Gasteiger partial charge in [-0.1, -0.05) is 0 Å². The average molecular weight is 419 g/mol. The Balaban J connectivity index is 1.61. The minimum Gasteiger partial charge on any atom is -0.349 e. The minimum absolute atomic E-state index is 0.00635. The molecule has 9 heteroatoms. The molecule has 2 N–H and O–H groups in total. The third-order valence-corrected chi connectivity index (χ3v) is 6.20. The summed E-state index contributed by atoms with van der Waals surface area (Å²) in [6.45, 7) is 2.73. The molecular weight excluding hydrogens is 397 g/mol. The van der Waals surface area contributed by atoms with Gasteiger partial charge >= 0.3 is 0 Å². The highest BCUT2D eigenvalue weighted by Gasteiger charge is 2.22. The molecule has 1 heterocycles. The molecule has 0 unspecified atom stereocenters. The van der Waals surface area contributed by atoms with E-state index in [9.17, 15) is 22.4 Å². The Bertz CT molecular complexity index is 983. The van der Waals surface area contributed by atoms with Crippen molar-refractivity contribution >= 4 is 27.5 Å². The zero-order chi connectivity index (χ0) is 21.0. The Morgan fingerprint density at radius 2 is 1.59 bits per heavy atom. The lowest BCUT2D eigenvalue weighted by atomic mass is 10.0. The van der Waals surface area contributed by atoms with Gasteiger partial charge in [-0.2, -0.15) is 0 Å². The van der Waals surface area contributed by atoms with Crippen LogP contribution in [0.3, 0.4) is 0 Å². The van der Waals surface area contributed by atoms with E-state index in [4.69, 9.17) is 0 Å². The number of hydrogen-bond donors (Lipinski definition) is 2. The van der Waals surface area contributed by atoms with Crippen LogP contribution in [0.2, 0.25) is 0 Å². The lowest BCUT2D eigenvalue weighted by molar-refractivity contribution is -0.129. The van der Waals surface area contributed by atoms with Gasteiger partial charge in [-0.05, 0) is 61.4 Å². The molecular formula is C20H22FN3O4S. The monoisotopic (exact) mass is 419 g/mol. The lowest BCUT2D eigenvalue weighted by Crippen LogP contribution is -2.46. The van der Waals surface area contributed by atoms with E-state index in [0.717, 1.165) is 12.1 Å². The first-order valence-corrected chi connectivity index (χ1v) is 10.7. The first kappa shape index (κ1) is 20.8. The number of halogens is 1. The van der Waals surface area contributed by atoms with Gasteiger partial charge in [0.05, 0.1) is 4.90 Å². The van der Waals surface area contributed by atoms with Gasteiger partial charge in [0.1, 0.15) is 5.82 Å². The summed E-state index contributed by atoms with van der Waals surface area (Å²) in [5.41, 5.74) is 0.588. The second kappa shape index (κ2) is 8.60. The number of benzene rings is 2. The van der Waals surface area contributed by atoms with E-state index in [1.165, 1.54) is 43.3 Å². The fourth-order valence-electron chi connectivity index (χ4n) is 3.12. The summed E-state index contributed by atoms with van der Waals surface area (Å²) in [5.74, 6) is -0.724. The number of nitrogens with one attached hydrogen (secondary N) is 2. The van der Waals surface area contributed by atoms with Crippen molar-refractivity contribution in [3.05, 3.63) is 59.9 Å². The van der Waals surface area contributed by atoms with Gasteiger partial charge in [-0.3, -0.25) is 14.3 Å². The topological polar surface area (TPSA) is 95.6 Å². The third-order valence-electron chi connectivity index (χ3n) is 4.80. The van der Waals surface area contributed by atoms with E-state index in [2.05, 4.69) is 10.0 Å². The number of anilines is 1. The van der Waals surface area contributed by atoms with Crippen molar-refractivity contribution in [2.45, 2.75) is 30.7 Å². The van der Waals surface area contributed by atoms with Crippen LogP contribution in [0.4, 0.5) is 10.1 Å². The van der Waals surface area contributed by atoms with E-state index >= 15 is 0 Å². The van der Waals surface area contributed by atoms with Crippen LogP contribution in [0.5, 0.6) is 0 Å². The predicted molar refractivity (Wildman–Crippen MR) is 106 cm³/mol. The number of hydrogen-bond acceptors (Lipinski definition) is 4. The van der Waals surface area contributed by atoms with Crippen molar-refractivity contribution in [3.8, 4) is 0 Å². The number of piperidine rings is 1. The second-order valence-electron chi connectivity index (χ2n) is 6.89. The van der Waals surface area contributed by atoms with E-state index in [1.807, 2.05) is 0 Å². The number of nitrogens with zero attached hydrogens (tertiary/aromatic N) is 1. The number of rotatable bonds is 5. The van der Waals surface area contributed by atoms with Crippen LogP contribution >= 0.6 is 0 Å². The van der Waals surface area contributed by atoms with Gasteiger partial charge in [0.15, 0.2) is 0 Å². The summed E-state index contributed by atoms with van der Waals surface area (Å²) < 4.78 is 40.2. The molecule has 3 rings (SSSR count). The quantitative estimate of drug-likeness (QED) is 0.778. The van der Waals surface area contributed by atoms with Crippen molar-refractivity contribution in [3.63, 3.8) is 0 Å². The summed E-state index contributed by atoms with van der Waals surface area (Å²) in [6, 6.07) is 10.5. The molecule has 0 aliphatic carbocycles. The first-order valence-electron chi connectivity index (χ1n) is 9.19. The molecule has 1 saturated heterocycles. The van der Waals surface area contributed by atoms with E-state index in [0.29, 0.717) is 31.5 Å². The number of amides is 2. The average Bonchev–Trinajstić information content (AvgIpc) is 2.70. The maximum absolute atomic E-state index is 13.0. The molecule has 0 spiro atoms. The zero-order valence-corrected chi connectivity index (χ0v) is 16.7. The molecule has 0 aromatic heterocycles. The number of sulfonamides is 1. The lowest BCUT2D eigenvalue weighted by Gasteiger charge is -2.31. The molecule has 1 aliphatic heterocycles. The van der Waals surface area contributed by atoms with Crippen LogP contribution in [0.15, 0.2) is 53.4 Å². The molecule has 7 nitrogen and oxygen atoms in total. The molecule has 1 fully saturated rings. The van der Waals surface area contributed by atoms with Crippen LogP contribution in [0, 0.1) is 5.82 Å². The van der Waals surface area contributed by atoms with Crippen molar-refractivity contribution in [1.29, 1.82) is 0 Å². The largest absolute Gasteiger partial charge is 0.349 e. The smallest absolute Gasteiger partial charge is 0.261 e. The standard InChI is InChI=1S/C20H22FN3O4S/c1-14(25)24-12-10-17(11-13-24)22-20(26)15-2-8-19(9-3-15)29(27,28)23-18-6-4-16(21)5-7-18/h2-9,17,23H,10-13H2,1H3,(H,22,26). The summed E-state index contributed by atoms with van der Waals surface area (Å²) in [6.07, 6.45) is 1.36. The summed E-state index contributed by atoms with van der Waals surface area (Å²) in [4.78, 5) is 25.5. The minimum atomic E-state index is -3.85. The normalized spacial score (nSPS) is 15.0. The molecule has 154 valence electrons. The molecule has 0 bridgehead atoms. The first-order chi connectivity index (χ1) is 13.7. The van der Waals surface area contributed by atoms with E-state index in [-0.39, 0.29) is 28.4 Å². The van der Waals surface area contributed by atoms with Crippen LogP contribution in [-0.4, -0.2) is 44.3 Å². The molecule has 29 heavy (non-hydrogen) atoms. The zero-order valence-electron chi connectivity index (χ0n) is 15.9. The van der Waals surface area contributed by atoms with Crippen LogP contribution in [0.25, 0.3) is 0 Å². The van der Waals surface area contributed by atoms with Gasteiger partial charge in [0.25, 0.3) is 15.9 Å².